The maximum Gasteiger partial charge on any atom is 0.255 e. The number of anilines is 1. The van der Waals surface area contributed by atoms with Crippen molar-refractivity contribution in [1.29, 1.82) is 0 Å². The van der Waals surface area contributed by atoms with Crippen molar-refractivity contribution in [3.8, 4) is 11.5 Å². The van der Waals surface area contributed by atoms with Crippen LogP contribution in [-0.2, 0) is 6.42 Å². The summed E-state index contributed by atoms with van der Waals surface area (Å²) in [6, 6.07) is 11.2. The van der Waals surface area contributed by atoms with Gasteiger partial charge in [0.05, 0.1) is 24.2 Å². The molecule has 2 aromatic rings. The number of hydrogen-bond donors (Lipinski definition) is 3. The molecular weight excluding hydrogens is 440 g/mol. The van der Waals surface area contributed by atoms with Crippen molar-refractivity contribution in [3.63, 3.8) is 0 Å². The summed E-state index contributed by atoms with van der Waals surface area (Å²) in [7, 11) is 0. The van der Waals surface area contributed by atoms with Crippen LogP contribution in [0.2, 0.25) is 0 Å². The van der Waals surface area contributed by atoms with Crippen molar-refractivity contribution in [2.75, 3.05) is 11.9 Å². The largest absolute Gasteiger partial charge is 0.390 e. The van der Waals surface area contributed by atoms with Gasteiger partial charge in [0, 0.05) is 11.6 Å². The molecule has 5 rings (SSSR count). The highest BCUT2D eigenvalue weighted by Crippen LogP contribution is 2.40. The molecule has 0 amide bonds. The lowest BCUT2D eigenvalue weighted by Crippen LogP contribution is -2.30. The van der Waals surface area contributed by atoms with Crippen LogP contribution in [-0.4, -0.2) is 54.9 Å². The molecule has 0 bridgehead atoms. The van der Waals surface area contributed by atoms with Gasteiger partial charge in [0.1, 0.15) is 23.9 Å². The number of aliphatic hydroxyl groups is 2. The summed E-state index contributed by atoms with van der Waals surface area (Å²) in [5.74, 6) is 1.06. The Labute approximate surface area is 195 Å². The standard InChI is InChI=1S/C25H27F2N5O2/c1-14-8-9-32(25-22(14)29-13-30-25)19-11-17(23(33)24(19)34)5-3-15-2-4-16-6-7-21(28-12-20(26)27)31-18(16)10-15/h2,4,6-10,13,17,19-20,23-24,33-34H,3,5,11-12H2,1H3,(H,28,31)/t17-,19+,23+,24-/m0/s1. The van der Waals surface area contributed by atoms with E-state index < -0.39 is 25.2 Å². The van der Waals surface area contributed by atoms with Crippen LogP contribution in [0.15, 0.2) is 48.9 Å². The van der Waals surface area contributed by atoms with Crippen LogP contribution in [0, 0.1) is 12.8 Å². The summed E-state index contributed by atoms with van der Waals surface area (Å²) < 4.78 is 26.9. The van der Waals surface area contributed by atoms with Crippen LogP contribution >= 0.6 is 0 Å². The number of halogens is 2. The molecule has 0 spiro atoms. The van der Waals surface area contributed by atoms with Crippen molar-refractivity contribution in [1.82, 2.24) is 19.5 Å². The molecule has 2 aliphatic heterocycles. The number of nitrogens with one attached hydrogen (secondary N) is 1. The van der Waals surface area contributed by atoms with Gasteiger partial charge in [0.25, 0.3) is 6.43 Å². The fourth-order valence-electron chi connectivity index (χ4n) is 4.95. The second-order valence-electron chi connectivity index (χ2n) is 9.03. The van der Waals surface area contributed by atoms with Crippen LogP contribution in [0.25, 0.3) is 22.4 Å². The van der Waals surface area contributed by atoms with Gasteiger partial charge in [-0.25, -0.2) is 23.7 Å². The molecule has 1 aliphatic carbocycles. The molecule has 0 saturated heterocycles. The molecule has 178 valence electrons. The third-order valence-electron chi connectivity index (χ3n) is 6.81. The van der Waals surface area contributed by atoms with Crippen LogP contribution in [0.5, 0.6) is 0 Å². The van der Waals surface area contributed by atoms with E-state index in [0.29, 0.717) is 30.9 Å². The van der Waals surface area contributed by atoms with Gasteiger partial charge < -0.3 is 20.1 Å². The number of imidazole rings is 1. The first-order chi connectivity index (χ1) is 16.4. The Morgan fingerprint density at radius 2 is 1.94 bits per heavy atom. The lowest BCUT2D eigenvalue weighted by atomic mass is 9.95. The Balaban J connectivity index is 1.29. The lowest BCUT2D eigenvalue weighted by Gasteiger charge is -2.22. The molecule has 34 heavy (non-hydrogen) atoms. The van der Waals surface area contributed by atoms with Crippen LogP contribution in [0.3, 0.4) is 0 Å². The number of fused-ring (bicyclic) bond motifs is 2. The number of hydrogen-bond acceptors (Lipinski definition) is 6. The van der Waals surface area contributed by atoms with Gasteiger partial charge in [0.15, 0.2) is 5.82 Å². The maximum absolute atomic E-state index is 12.5. The fraction of sp³-hybridized carbons (Fsp3) is 0.400. The van der Waals surface area contributed by atoms with Gasteiger partial charge in [-0.2, -0.15) is 0 Å². The van der Waals surface area contributed by atoms with Crippen molar-refractivity contribution in [3.05, 3.63) is 60.0 Å². The summed E-state index contributed by atoms with van der Waals surface area (Å²) in [6.07, 6.45) is 1.30. The highest BCUT2D eigenvalue weighted by molar-refractivity contribution is 5.81. The molecule has 7 nitrogen and oxygen atoms in total. The van der Waals surface area contributed by atoms with Crippen molar-refractivity contribution >= 4 is 16.7 Å². The Morgan fingerprint density at radius 1 is 1.12 bits per heavy atom. The van der Waals surface area contributed by atoms with E-state index in [1.54, 1.807) is 6.07 Å². The number of aliphatic hydroxyl groups excluding tert-OH is 2. The van der Waals surface area contributed by atoms with E-state index in [2.05, 4.69) is 20.3 Å². The molecular formula is C25H27F2N5O2. The number of rotatable bonds is 7. The zero-order valence-electron chi connectivity index (χ0n) is 18.8. The number of aryl methyl sites for hydroxylation is 2. The van der Waals surface area contributed by atoms with E-state index in [1.807, 2.05) is 48.0 Å². The Bertz CT molecular complexity index is 1260. The van der Waals surface area contributed by atoms with Crippen LogP contribution in [0.1, 0.15) is 30.0 Å². The van der Waals surface area contributed by atoms with Crippen molar-refractivity contribution in [2.24, 2.45) is 5.92 Å². The summed E-state index contributed by atoms with van der Waals surface area (Å²) in [5.41, 5.74) is 3.60. The number of nitrogens with zero attached hydrogens (tertiary/aromatic N) is 4. The average Bonchev–Trinajstić information content (AvgIpc) is 3.43. The van der Waals surface area contributed by atoms with Crippen molar-refractivity contribution < 1.29 is 19.0 Å². The third kappa shape index (κ3) is 4.33. The van der Waals surface area contributed by atoms with Gasteiger partial charge in [-0.15, -0.1) is 0 Å². The van der Waals surface area contributed by atoms with Gasteiger partial charge >= 0.3 is 0 Å². The first-order valence-electron chi connectivity index (χ1n) is 11.5. The summed E-state index contributed by atoms with van der Waals surface area (Å²) in [6.45, 7) is 1.53. The van der Waals surface area contributed by atoms with Crippen LogP contribution < -0.4 is 5.32 Å². The highest BCUT2D eigenvalue weighted by Gasteiger charge is 2.42. The predicted molar refractivity (Wildman–Crippen MR) is 125 cm³/mol. The lowest BCUT2D eigenvalue weighted by molar-refractivity contribution is 0.00500. The molecule has 0 unspecified atom stereocenters. The second-order valence-corrected chi connectivity index (χ2v) is 9.03. The molecule has 3 heterocycles. The molecule has 1 fully saturated rings. The SMILES string of the molecule is Cc1ccn([C@@H]2C[C@H](CCc3ccc4ccc(NCC(F)F)nc4c3)[C@@H](O)[C@H]2O)c2ncnc1-2. The molecule has 4 atom stereocenters. The Morgan fingerprint density at radius 3 is 2.76 bits per heavy atom. The second kappa shape index (κ2) is 9.23. The quantitative estimate of drug-likeness (QED) is 0.382. The number of pyridine rings is 2. The topological polar surface area (TPSA) is 96.1 Å². The van der Waals surface area contributed by atoms with Gasteiger partial charge in [0.2, 0.25) is 0 Å². The Hall–Kier alpha value is -3.17. The zero-order chi connectivity index (χ0) is 23.8. The number of aromatic nitrogens is 4. The number of alkyl halides is 2. The number of benzene rings is 1. The first kappa shape index (κ1) is 22.6. The molecule has 1 aromatic carbocycles. The third-order valence-corrected chi connectivity index (χ3v) is 6.81. The minimum absolute atomic E-state index is 0.0746. The summed E-state index contributed by atoms with van der Waals surface area (Å²) >= 11 is 0. The summed E-state index contributed by atoms with van der Waals surface area (Å²) in [5, 5.41) is 25.2. The monoisotopic (exact) mass is 467 g/mol. The van der Waals surface area contributed by atoms with Gasteiger partial charge in [-0.1, -0.05) is 12.1 Å². The Kier molecular flexibility index (Phi) is 6.14. The summed E-state index contributed by atoms with van der Waals surface area (Å²) in [4.78, 5) is 13.1. The van der Waals surface area contributed by atoms with E-state index in [0.717, 1.165) is 27.7 Å². The normalized spacial score (nSPS) is 22.8. The average molecular weight is 468 g/mol. The highest BCUT2D eigenvalue weighted by atomic mass is 19.3. The molecule has 3 aliphatic rings. The fourth-order valence-corrected chi connectivity index (χ4v) is 4.95. The van der Waals surface area contributed by atoms with E-state index in [-0.39, 0.29) is 12.0 Å². The van der Waals surface area contributed by atoms with Crippen molar-refractivity contribution in [2.45, 2.75) is 50.9 Å². The van der Waals surface area contributed by atoms with Crippen LogP contribution in [0.4, 0.5) is 14.6 Å². The molecule has 1 aromatic heterocycles. The van der Waals surface area contributed by atoms with E-state index in [1.165, 1.54) is 6.33 Å². The first-order valence-corrected chi connectivity index (χ1v) is 11.5. The smallest absolute Gasteiger partial charge is 0.255 e. The van der Waals surface area contributed by atoms with Gasteiger partial charge in [-0.05, 0) is 67.5 Å². The zero-order valence-corrected chi connectivity index (χ0v) is 18.8. The minimum Gasteiger partial charge on any atom is -0.390 e. The van der Waals surface area contributed by atoms with E-state index >= 15 is 0 Å². The molecule has 0 radical (unpaired) electrons. The predicted octanol–water partition coefficient (Wildman–Crippen LogP) is 3.83. The van der Waals surface area contributed by atoms with E-state index in [4.69, 9.17) is 0 Å². The molecule has 1 saturated carbocycles. The van der Waals surface area contributed by atoms with Gasteiger partial charge in [-0.3, -0.25) is 0 Å². The maximum atomic E-state index is 12.5. The molecule has 9 heteroatoms. The minimum atomic E-state index is -2.44. The molecule has 3 N–H and O–H groups in total. The van der Waals surface area contributed by atoms with E-state index in [9.17, 15) is 19.0 Å².